The number of carbonyl (C=O) groups excluding carboxylic acids is 1. The first-order valence-corrected chi connectivity index (χ1v) is 9.59. The molecule has 3 rings (SSSR count). The summed E-state index contributed by atoms with van der Waals surface area (Å²) in [7, 11) is 0. The Morgan fingerprint density at radius 1 is 0.906 bits per heavy atom. The van der Waals surface area contributed by atoms with Gasteiger partial charge in [-0.3, -0.25) is 20.2 Å². The van der Waals surface area contributed by atoms with Crippen molar-refractivity contribution in [1.82, 2.24) is 0 Å². The molecule has 0 radical (unpaired) electrons. The highest BCUT2D eigenvalue weighted by molar-refractivity contribution is 6.03. The molecule has 0 bridgehead atoms. The molecule has 0 fully saturated rings. The Morgan fingerprint density at radius 3 is 2.22 bits per heavy atom. The zero-order valence-corrected chi connectivity index (χ0v) is 17.3. The summed E-state index contributed by atoms with van der Waals surface area (Å²) in [6, 6.07) is 17.1. The van der Waals surface area contributed by atoms with Crippen molar-refractivity contribution >= 4 is 23.1 Å². The van der Waals surface area contributed by atoms with Crippen molar-refractivity contribution < 1.29 is 19.5 Å². The lowest BCUT2D eigenvalue weighted by molar-refractivity contribution is -0.385. The van der Waals surface area contributed by atoms with Crippen molar-refractivity contribution in [2.24, 2.45) is 5.16 Å². The van der Waals surface area contributed by atoms with E-state index < -0.39 is 15.8 Å². The van der Waals surface area contributed by atoms with Gasteiger partial charge in [-0.2, -0.15) is 0 Å². The van der Waals surface area contributed by atoms with Crippen LogP contribution >= 0.6 is 0 Å². The van der Waals surface area contributed by atoms with Gasteiger partial charge in [-0.25, -0.2) is 4.79 Å². The maximum Gasteiger partial charge on any atom is 0.372 e. The molecule has 9 heteroatoms. The van der Waals surface area contributed by atoms with Gasteiger partial charge in [-0.1, -0.05) is 53.2 Å². The third kappa shape index (κ3) is 5.20. The van der Waals surface area contributed by atoms with Crippen molar-refractivity contribution in [2.75, 3.05) is 0 Å². The van der Waals surface area contributed by atoms with E-state index >= 15 is 0 Å². The van der Waals surface area contributed by atoms with Crippen LogP contribution in [0.4, 0.5) is 11.4 Å². The highest BCUT2D eigenvalue weighted by Crippen LogP contribution is 2.20. The average Bonchev–Trinajstić information content (AvgIpc) is 2.77. The number of rotatable bonds is 7. The first-order valence-electron chi connectivity index (χ1n) is 9.59. The third-order valence-electron chi connectivity index (χ3n) is 4.77. The Morgan fingerprint density at radius 2 is 1.59 bits per heavy atom. The van der Waals surface area contributed by atoms with E-state index in [4.69, 9.17) is 4.84 Å². The molecule has 3 aromatic carbocycles. The van der Waals surface area contributed by atoms with Crippen LogP contribution in [0.2, 0.25) is 0 Å². The van der Waals surface area contributed by atoms with Crippen LogP contribution in [0.5, 0.6) is 0 Å². The SMILES string of the molecule is Cc1ccc(/C(Cc2ccc([N+](=O)[O-])cc2)=N/OC(=O)c2ccccc2[N+](=O)[O-])c(C)c1. The van der Waals surface area contributed by atoms with Gasteiger partial charge in [-0.05, 0) is 31.0 Å². The van der Waals surface area contributed by atoms with E-state index in [0.717, 1.165) is 22.3 Å². The second-order valence-corrected chi connectivity index (χ2v) is 7.11. The topological polar surface area (TPSA) is 125 Å². The maximum absolute atomic E-state index is 12.5. The summed E-state index contributed by atoms with van der Waals surface area (Å²) in [5.74, 6) is -0.955. The minimum absolute atomic E-state index is 0.0402. The fourth-order valence-corrected chi connectivity index (χ4v) is 3.19. The summed E-state index contributed by atoms with van der Waals surface area (Å²) >= 11 is 0. The summed E-state index contributed by atoms with van der Waals surface area (Å²) in [6.45, 7) is 3.83. The summed E-state index contributed by atoms with van der Waals surface area (Å²) in [5, 5.41) is 26.1. The lowest BCUT2D eigenvalue weighted by Gasteiger charge is -2.11. The van der Waals surface area contributed by atoms with Gasteiger partial charge in [0, 0.05) is 30.2 Å². The average molecular weight is 433 g/mol. The Bertz CT molecular complexity index is 1220. The second-order valence-electron chi connectivity index (χ2n) is 7.11. The molecule has 32 heavy (non-hydrogen) atoms. The molecular formula is C23H19N3O6. The minimum Gasteiger partial charge on any atom is -0.312 e. The number of para-hydroxylation sites is 1. The lowest BCUT2D eigenvalue weighted by Crippen LogP contribution is -2.11. The minimum atomic E-state index is -0.955. The Hall–Kier alpha value is -4.40. The molecule has 0 unspecified atom stereocenters. The molecule has 0 amide bonds. The first-order chi connectivity index (χ1) is 15.3. The molecule has 3 aromatic rings. The predicted molar refractivity (Wildman–Crippen MR) is 118 cm³/mol. The molecule has 162 valence electrons. The van der Waals surface area contributed by atoms with Gasteiger partial charge in [0.05, 0.1) is 15.6 Å². The Kier molecular flexibility index (Phi) is 6.69. The van der Waals surface area contributed by atoms with E-state index in [9.17, 15) is 25.0 Å². The van der Waals surface area contributed by atoms with Crippen LogP contribution < -0.4 is 0 Å². The molecular weight excluding hydrogens is 414 g/mol. The standard InChI is InChI=1S/C23H19N3O6/c1-15-7-12-19(16(2)13-15)21(14-17-8-10-18(11-9-17)25(28)29)24-32-23(27)20-5-3-4-6-22(20)26(30)31/h3-13H,14H2,1-2H3/b24-21+. The normalized spacial score (nSPS) is 11.1. The van der Waals surface area contributed by atoms with E-state index in [-0.39, 0.29) is 23.4 Å². The first kappa shape index (κ1) is 22.3. The number of nitro groups is 2. The van der Waals surface area contributed by atoms with E-state index in [1.165, 1.54) is 36.4 Å². The van der Waals surface area contributed by atoms with Crippen molar-refractivity contribution in [3.8, 4) is 0 Å². The molecule has 0 aliphatic rings. The molecule has 9 nitrogen and oxygen atoms in total. The Labute approximate surface area is 183 Å². The van der Waals surface area contributed by atoms with Crippen LogP contribution in [0.25, 0.3) is 0 Å². The van der Waals surface area contributed by atoms with Crippen LogP contribution in [-0.2, 0) is 11.3 Å². The van der Waals surface area contributed by atoms with E-state index in [1.807, 2.05) is 32.0 Å². The van der Waals surface area contributed by atoms with Crippen LogP contribution in [0.1, 0.15) is 32.6 Å². The molecule has 0 aromatic heterocycles. The van der Waals surface area contributed by atoms with Crippen molar-refractivity contribution in [3.05, 3.63) is 115 Å². The van der Waals surface area contributed by atoms with Crippen molar-refractivity contribution in [3.63, 3.8) is 0 Å². The van der Waals surface area contributed by atoms with Crippen LogP contribution in [0.15, 0.2) is 71.9 Å². The number of aryl methyl sites for hydroxylation is 2. The number of benzene rings is 3. The van der Waals surface area contributed by atoms with Crippen LogP contribution in [0, 0.1) is 34.1 Å². The highest BCUT2D eigenvalue weighted by Gasteiger charge is 2.21. The molecule has 0 spiro atoms. The molecule has 0 atom stereocenters. The zero-order valence-electron chi connectivity index (χ0n) is 17.3. The zero-order chi connectivity index (χ0) is 23.3. The number of nitrogens with zero attached hydrogens (tertiary/aromatic N) is 3. The van der Waals surface area contributed by atoms with Crippen LogP contribution in [0.3, 0.4) is 0 Å². The summed E-state index contributed by atoms with van der Waals surface area (Å²) < 4.78 is 0. The summed E-state index contributed by atoms with van der Waals surface area (Å²) in [6.07, 6.45) is 0.228. The Balaban J connectivity index is 1.95. The molecule has 0 N–H and O–H groups in total. The van der Waals surface area contributed by atoms with Crippen molar-refractivity contribution in [1.29, 1.82) is 0 Å². The number of hydrogen-bond donors (Lipinski definition) is 0. The number of oxime groups is 1. The van der Waals surface area contributed by atoms with Gasteiger partial charge in [0.2, 0.25) is 0 Å². The van der Waals surface area contributed by atoms with Gasteiger partial charge in [-0.15, -0.1) is 0 Å². The van der Waals surface area contributed by atoms with Gasteiger partial charge >= 0.3 is 5.97 Å². The summed E-state index contributed by atoms with van der Waals surface area (Å²) in [4.78, 5) is 38.5. The lowest BCUT2D eigenvalue weighted by atomic mass is 9.97. The van der Waals surface area contributed by atoms with Gasteiger partial charge < -0.3 is 4.84 Å². The molecule has 0 saturated carbocycles. The molecule has 0 saturated heterocycles. The molecule has 0 aliphatic heterocycles. The fourth-order valence-electron chi connectivity index (χ4n) is 3.19. The highest BCUT2D eigenvalue weighted by atomic mass is 16.7. The quantitative estimate of drug-likeness (QED) is 0.225. The van der Waals surface area contributed by atoms with Crippen molar-refractivity contribution in [2.45, 2.75) is 20.3 Å². The number of nitro benzene ring substituents is 2. The molecule has 0 aliphatic carbocycles. The second kappa shape index (κ2) is 9.61. The number of non-ortho nitro benzene ring substituents is 1. The van der Waals surface area contributed by atoms with Gasteiger partial charge in [0.25, 0.3) is 11.4 Å². The van der Waals surface area contributed by atoms with Gasteiger partial charge in [0.1, 0.15) is 5.56 Å². The van der Waals surface area contributed by atoms with Crippen LogP contribution in [-0.4, -0.2) is 21.5 Å². The largest absolute Gasteiger partial charge is 0.372 e. The molecule has 0 heterocycles. The third-order valence-corrected chi connectivity index (χ3v) is 4.77. The van der Waals surface area contributed by atoms with E-state index in [2.05, 4.69) is 5.16 Å². The fraction of sp³-hybridized carbons (Fsp3) is 0.130. The van der Waals surface area contributed by atoms with Gasteiger partial charge in [0.15, 0.2) is 0 Å². The maximum atomic E-state index is 12.5. The predicted octanol–water partition coefficient (Wildman–Crippen LogP) is 4.92. The monoisotopic (exact) mass is 433 g/mol. The smallest absolute Gasteiger partial charge is 0.312 e. The summed E-state index contributed by atoms with van der Waals surface area (Å²) in [5.41, 5.74) is 3.16. The number of carbonyl (C=O) groups is 1. The van der Waals surface area contributed by atoms with E-state index in [1.54, 1.807) is 12.1 Å². The van der Waals surface area contributed by atoms with E-state index in [0.29, 0.717) is 5.71 Å². The number of hydrogen-bond acceptors (Lipinski definition) is 7.